The average Bonchev–Trinajstić information content (AvgIpc) is 2.27. The molecule has 0 unspecified atom stereocenters. The molecule has 2 heterocycles. The molecule has 2 radical (unpaired) electrons. The number of rotatable bonds is 0. The average molecular weight is 382 g/mol. The molecule has 0 spiro atoms. The standard InChI is InChI=1S/C7H3ClIN.Sn/c8-7-2-1-6(3-4-9)5-10-7;/h1-3H;. The van der Waals surface area contributed by atoms with Crippen LogP contribution in [0.25, 0.3) is 6.08 Å². The first-order valence-electron chi connectivity index (χ1n) is 3.06. The van der Waals surface area contributed by atoms with Gasteiger partial charge in [-0.25, -0.2) is 0 Å². The van der Waals surface area contributed by atoms with Gasteiger partial charge in [0.25, 0.3) is 0 Å². The van der Waals surface area contributed by atoms with Gasteiger partial charge in [0, 0.05) is 0 Å². The van der Waals surface area contributed by atoms with Gasteiger partial charge in [-0.2, -0.15) is 0 Å². The van der Waals surface area contributed by atoms with E-state index in [0.717, 1.165) is 0 Å². The van der Waals surface area contributed by atoms with Gasteiger partial charge in [0.05, 0.1) is 0 Å². The Kier molecular flexibility index (Phi) is 2.43. The first-order chi connectivity index (χ1) is 5.25. The van der Waals surface area contributed by atoms with E-state index in [2.05, 4.69) is 39.7 Å². The van der Waals surface area contributed by atoms with E-state index < -0.39 is 21.1 Å². The molecular weight excluding hydrogens is 379 g/mol. The molecule has 0 fully saturated rings. The predicted octanol–water partition coefficient (Wildman–Crippen LogP) is 1.81. The van der Waals surface area contributed by atoms with Gasteiger partial charge in [0.15, 0.2) is 0 Å². The van der Waals surface area contributed by atoms with Crippen LogP contribution in [0, 0.1) is 0 Å². The number of nitrogens with zero attached hydrogens (tertiary/aromatic N) is 1. The third-order valence-electron chi connectivity index (χ3n) is 1.41. The van der Waals surface area contributed by atoms with E-state index in [1.54, 1.807) is 0 Å². The van der Waals surface area contributed by atoms with Gasteiger partial charge in [0.1, 0.15) is 0 Å². The Hall–Kier alpha value is 0.709. The van der Waals surface area contributed by atoms with Crippen molar-refractivity contribution >= 4 is 65.1 Å². The van der Waals surface area contributed by atoms with Crippen molar-refractivity contribution in [2.24, 2.45) is 0 Å². The van der Waals surface area contributed by atoms with Gasteiger partial charge in [-0.3, -0.25) is 0 Å². The molecule has 0 N–H and O–H groups in total. The van der Waals surface area contributed by atoms with Crippen molar-refractivity contribution in [3.05, 3.63) is 24.4 Å². The number of halogens is 2. The quantitative estimate of drug-likeness (QED) is 0.379. The number of hydrogen-bond acceptors (Lipinski definition) is 1. The van der Waals surface area contributed by atoms with Crippen molar-refractivity contribution in [3.63, 3.8) is 0 Å². The van der Waals surface area contributed by atoms with E-state index in [1.165, 1.54) is 10.9 Å². The summed E-state index contributed by atoms with van der Waals surface area (Å²) in [5.41, 5.74) is 1.28. The zero-order valence-electron chi connectivity index (χ0n) is 5.44. The third-order valence-corrected chi connectivity index (χ3v) is 6.66. The molecule has 1 aromatic heterocycles. The van der Waals surface area contributed by atoms with Crippen LogP contribution in [0.4, 0.5) is 0 Å². The fourth-order valence-electron chi connectivity index (χ4n) is 0.948. The molecule has 1 aromatic rings. The Morgan fingerprint density at radius 2 is 2.27 bits per heavy atom. The van der Waals surface area contributed by atoms with Gasteiger partial charge >= 0.3 is 94.5 Å². The molecule has 0 aliphatic carbocycles. The van der Waals surface area contributed by atoms with Gasteiger partial charge in [-0.1, -0.05) is 0 Å². The van der Waals surface area contributed by atoms with Crippen LogP contribution in [0.1, 0.15) is 5.56 Å². The molecule has 0 bridgehead atoms. The predicted molar refractivity (Wildman–Crippen MR) is 56.6 cm³/mol. The SMILES string of the molecule is Clc1ccc2[c](n1)[Sn][C](I)=C2. The number of aromatic nitrogens is 1. The van der Waals surface area contributed by atoms with E-state index in [1.807, 2.05) is 6.07 Å². The van der Waals surface area contributed by atoms with E-state index >= 15 is 0 Å². The van der Waals surface area contributed by atoms with Crippen LogP contribution in [0.2, 0.25) is 5.15 Å². The van der Waals surface area contributed by atoms with Crippen molar-refractivity contribution in [1.29, 1.82) is 0 Å². The normalized spacial score (nSPS) is 14.5. The Labute approximate surface area is 93.6 Å². The second kappa shape index (κ2) is 3.22. The first kappa shape index (κ1) is 8.31. The Bertz CT molecular complexity index is 337. The molecule has 0 saturated carbocycles. The maximum absolute atomic E-state index is 5.76. The molecule has 11 heavy (non-hydrogen) atoms. The minimum absolute atomic E-state index is 0.521. The van der Waals surface area contributed by atoms with E-state index in [0.29, 0.717) is 5.15 Å². The molecule has 1 aliphatic heterocycles. The molecule has 0 aromatic carbocycles. The maximum atomic E-state index is 5.76. The number of hydrogen-bond donors (Lipinski definition) is 0. The van der Waals surface area contributed by atoms with Crippen molar-refractivity contribution in [2.75, 3.05) is 0 Å². The molecule has 0 amide bonds. The zero-order valence-corrected chi connectivity index (χ0v) is 11.2. The summed E-state index contributed by atoms with van der Waals surface area (Å²) >= 11 is 7.63. The third kappa shape index (κ3) is 1.72. The Morgan fingerprint density at radius 3 is 3.09 bits per heavy atom. The molecule has 54 valence electrons. The van der Waals surface area contributed by atoms with Crippen LogP contribution in [0.5, 0.6) is 0 Å². The van der Waals surface area contributed by atoms with Crippen LogP contribution in [0.3, 0.4) is 0 Å². The van der Waals surface area contributed by atoms with Crippen LogP contribution in [-0.4, -0.2) is 26.1 Å². The van der Waals surface area contributed by atoms with Gasteiger partial charge in [-0.15, -0.1) is 0 Å². The topological polar surface area (TPSA) is 12.9 Å². The first-order valence-corrected chi connectivity index (χ1v) is 7.37. The van der Waals surface area contributed by atoms with Crippen molar-refractivity contribution < 1.29 is 0 Å². The molecule has 2 rings (SSSR count). The van der Waals surface area contributed by atoms with E-state index in [4.69, 9.17) is 11.6 Å². The van der Waals surface area contributed by atoms with Crippen LogP contribution >= 0.6 is 34.2 Å². The molecule has 1 nitrogen and oxygen atoms in total. The fourth-order valence-corrected chi connectivity index (χ4v) is 6.00. The van der Waals surface area contributed by atoms with Crippen molar-refractivity contribution in [3.8, 4) is 0 Å². The monoisotopic (exact) mass is 383 g/mol. The summed E-state index contributed by atoms with van der Waals surface area (Å²) in [6.45, 7) is 0. The van der Waals surface area contributed by atoms with Crippen LogP contribution < -0.4 is 3.71 Å². The van der Waals surface area contributed by atoms with Crippen LogP contribution in [-0.2, 0) is 0 Å². The molecule has 0 atom stereocenters. The second-order valence-electron chi connectivity index (χ2n) is 2.19. The summed E-state index contributed by atoms with van der Waals surface area (Å²) in [5.74, 6) is 0. The molecule has 0 saturated heterocycles. The molecular formula is C7H3ClINSn. The second-order valence-corrected chi connectivity index (χ2v) is 10.2. The van der Waals surface area contributed by atoms with Crippen molar-refractivity contribution in [2.45, 2.75) is 0 Å². The van der Waals surface area contributed by atoms with Gasteiger partial charge in [-0.05, 0) is 0 Å². The summed E-state index contributed by atoms with van der Waals surface area (Å²) in [7, 11) is 0. The van der Waals surface area contributed by atoms with Gasteiger partial charge in [0.2, 0.25) is 0 Å². The number of fused-ring (bicyclic) bond motifs is 1. The van der Waals surface area contributed by atoms with Crippen molar-refractivity contribution in [1.82, 2.24) is 4.98 Å². The summed E-state index contributed by atoms with van der Waals surface area (Å²) < 4.78 is 2.77. The molecule has 4 heteroatoms. The Morgan fingerprint density at radius 1 is 1.45 bits per heavy atom. The van der Waals surface area contributed by atoms with E-state index in [9.17, 15) is 0 Å². The number of pyridine rings is 1. The summed E-state index contributed by atoms with van der Waals surface area (Å²) in [6.07, 6.45) is 2.21. The van der Waals surface area contributed by atoms with Crippen LogP contribution in [0.15, 0.2) is 13.7 Å². The summed E-state index contributed by atoms with van der Waals surface area (Å²) in [4.78, 5) is 4.29. The fraction of sp³-hybridized carbons (Fsp3) is 0. The summed E-state index contributed by atoms with van der Waals surface area (Å²) in [6, 6.07) is 3.91. The molecule has 1 aliphatic rings. The minimum atomic E-state index is -0.521. The summed E-state index contributed by atoms with van der Waals surface area (Å²) in [5, 5.41) is 0.629. The zero-order chi connectivity index (χ0) is 7.84. The van der Waals surface area contributed by atoms with Gasteiger partial charge < -0.3 is 0 Å². The van der Waals surface area contributed by atoms with E-state index in [-0.39, 0.29) is 0 Å². The Balaban J connectivity index is 2.52.